The summed E-state index contributed by atoms with van der Waals surface area (Å²) in [6, 6.07) is 6.48. The molecule has 0 aliphatic carbocycles. The summed E-state index contributed by atoms with van der Waals surface area (Å²) >= 11 is 0. The summed E-state index contributed by atoms with van der Waals surface area (Å²) in [5, 5.41) is 7.61. The van der Waals surface area contributed by atoms with E-state index in [0.717, 1.165) is 11.3 Å². The van der Waals surface area contributed by atoms with Crippen molar-refractivity contribution in [1.82, 2.24) is 19.7 Å². The van der Waals surface area contributed by atoms with E-state index in [1.54, 1.807) is 30.6 Å². The third-order valence-corrected chi connectivity index (χ3v) is 4.88. The van der Waals surface area contributed by atoms with Gasteiger partial charge in [-0.3, -0.25) is 0 Å². The fourth-order valence-corrected chi connectivity index (χ4v) is 3.04. The second-order valence-electron chi connectivity index (χ2n) is 6.95. The van der Waals surface area contributed by atoms with Crippen molar-refractivity contribution in [3.8, 4) is 5.95 Å². The molecule has 7 heteroatoms. The van der Waals surface area contributed by atoms with Crippen molar-refractivity contribution in [2.75, 3.05) is 5.32 Å². The van der Waals surface area contributed by atoms with Crippen LogP contribution in [-0.4, -0.2) is 19.7 Å². The van der Waals surface area contributed by atoms with Gasteiger partial charge in [-0.2, -0.15) is 10.1 Å². The Morgan fingerprint density at radius 2 is 2.11 bits per heavy atom. The number of rotatable bonds is 3. The second kappa shape index (κ2) is 6.02. The summed E-state index contributed by atoms with van der Waals surface area (Å²) in [6.07, 6.45) is 3.54. The van der Waals surface area contributed by atoms with E-state index in [0.29, 0.717) is 28.7 Å². The van der Waals surface area contributed by atoms with Crippen LogP contribution in [-0.2, 0) is 11.8 Å². The van der Waals surface area contributed by atoms with E-state index in [2.05, 4.69) is 45.7 Å². The molecule has 1 aliphatic heterocycles. The van der Waals surface area contributed by atoms with Gasteiger partial charge in [0.05, 0.1) is 12.3 Å². The van der Waals surface area contributed by atoms with E-state index < -0.39 is 0 Å². The molecular weight excluding hydrogens is 343 g/mol. The Morgan fingerprint density at radius 3 is 2.85 bits per heavy atom. The zero-order chi connectivity index (χ0) is 19.2. The topological polar surface area (TPSA) is 60.0 Å². The summed E-state index contributed by atoms with van der Waals surface area (Å²) in [4.78, 5) is 12.4. The number of hydrogen-bond donors (Lipinski definition) is 1. The number of benzene rings is 1. The highest BCUT2D eigenvalue weighted by atomic mass is 19.1. The smallest absolute Gasteiger partial charge is 0.251 e. The van der Waals surface area contributed by atoms with Crippen LogP contribution in [0.1, 0.15) is 30.7 Å². The lowest BCUT2D eigenvalue weighted by molar-refractivity contribution is 0.612. The first kappa shape index (κ1) is 16.9. The predicted molar refractivity (Wildman–Crippen MR) is 100 cm³/mol. The normalized spacial score (nSPS) is 14.5. The maximum atomic E-state index is 13.9. The van der Waals surface area contributed by atoms with Gasteiger partial charge in [0, 0.05) is 35.5 Å². The second-order valence-corrected chi connectivity index (χ2v) is 6.95. The minimum atomic E-state index is -0.318. The number of hydrogen-bond acceptors (Lipinski definition) is 4. The molecule has 6 nitrogen and oxygen atoms in total. The van der Waals surface area contributed by atoms with Gasteiger partial charge in [-0.05, 0) is 11.6 Å². The van der Waals surface area contributed by atoms with Crippen LogP contribution in [0.25, 0.3) is 10.8 Å². The SMILES string of the molecule is [C-]#[N+]c1cn(-c2ncc3c(n2)NC(=C)C3(C)C)nc1Cc1ccccc1F. The standard InChI is InChI=1S/C20H17FN6/c1-12-20(2,3)14-10-23-19(25-18(14)24-12)27-11-17(22-4)16(26-27)9-13-7-5-6-8-15(13)21/h5-8,10-11H,1,9H2,2-3H3,(H,23,24,25). The number of nitrogens with one attached hydrogen (secondary N) is 1. The van der Waals surface area contributed by atoms with E-state index in [-0.39, 0.29) is 17.7 Å². The molecule has 0 radical (unpaired) electrons. The number of nitrogens with zero attached hydrogens (tertiary/aromatic N) is 5. The molecular formula is C20H17FN6. The van der Waals surface area contributed by atoms with Crippen molar-refractivity contribution in [3.63, 3.8) is 0 Å². The van der Waals surface area contributed by atoms with Crippen molar-refractivity contribution in [2.45, 2.75) is 25.7 Å². The Morgan fingerprint density at radius 1 is 1.33 bits per heavy atom. The quantitative estimate of drug-likeness (QED) is 0.713. The summed E-state index contributed by atoms with van der Waals surface area (Å²) in [5.74, 6) is 0.712. The Kier molecular flexibility index (Phi) is 3.77. The van der Waals surface area contributed by atoms with Crippen LogP contribution in [0.4, 0.5) is 15.9 Å². The Labute approximate surface area is 156 Å². The van der Waals surface area contributed by atoms with Crippen LogP contribution in [0.3, 0.4) is 0 Å². The van der Waals surface area contributed by atoms with Crippen molar-refractivity contribution in [2.24, 2.45) is 0 Å². The zero-order valence-corrected chi connectivity index (χ0v) is 15.0. The van der Waals surface area contributed by atoms with Crippen molar-refractivity contribution < 1.29 is 4.39 Å². The van der Waals surface area contributed by atoms with Crippen LogP contribution in [0, 0.1) is 12.4 Å². The largest absolute Gasteiger partial charge is 0.343 e. The lowest BCUT2D eigenvalue weighted by Crippen LogP contribution is -2.16. The van der Waals surface area contributed by atoms with Gasteiger partial charge in [0.15, 0.2) is 0 Å². The van der Waals surface area contributed by atoms with E-state index in [9.17, 15) is 4.39 Å². The monoisotopic (exact) mass is 360 g/mol. The molecule has 2 aromatic heterocycles. The van der Waals surface area contributed by atoms with E-state index in [1.807, 2.05) is 0 Å². The van der Waals surface area contributed by atoms with Crippen molar-refractivity contribution >= 4 is 11.5 Å². The average Bonchev–Trinajstić information content (AvgIpc) is 3.15. The van der Waals surface area contributed by atoms with Crippen LogP contribution in [0.15, 0.2) is 48.9 Å². The van der Waals surface area contributed by atoms with Gasteiger partial charge in [-0.15, -0.1) is 0 Å². The number of aromatic nitrogens is 4. The lowest BCUT2D eigenvalue weighted by Gasteiger charge is -2.18. The highest BCUT2D eigenvalue weighted by Gasteiger charge is 2.35. The third kappa shape index (κ3) is 2.75. The molecule has 0 saturated heterocycles. The first-order valence-corrected chi connectivity index (χ1v) is 8.44. The maximum absolute atomic E-state index is 13.9. The Bertz CT molecular complexity index is 1110. The van der Waals surface area contributed by atoms with Gasteiger partial charge in [0.2, 0.25) is 5.69 Å². The van der Waals surface area contributed by atoms with Gasteiger partial charge in [-0.25, -0.2) is 18.9 Å². The molecule has 4 rings (SSSR count). The van der Waals surface area contributed by atoms with Crippen LogP contribution >= 0.6 is 0 Å². The van der Waals surface area contributed by atoms with Crippen LogP contribution in [0.2, 0.25) is 0 Å². The van der Waals surface area contributed by atoms with Gasteiger partial charge < -0.3 is 5.32 Å². The Hall–Kier alpha value is -3.53. The summed E-state index contributed by atoms with van der Waals surface area (Å²) in [6.45, 7) is 15.5. The van der Waals surface area contributed by atoms with Crippen molar-refractivity contribution in [1.29, 1.82) is 0 Å². The highest BCUT2D eigenvalue weighted by molar-refractivity contribution is 5.63. The van der Waals surface area contributed by atoms with Gasteiger partial charge >= 0.3 is 0 Å². The molecule has 3 heterocycles. The molecule has 1 aromatic carbocycles. The molecule has 27 heavy (non-hydrogen) atoms. The molecule has 3 aromatic rings. The van der Waals surface area contributed by atoms with Gasteiger partial charge in [-0.1, -0.05) is 38.6 Å². The molecule has 0 saturated carbocycles. The average molecular weight is 360 g/mol. The number of fused-ring (bicyclic) bond motifs is 1. The molecule has 134 valence electrons. The molecule has 0 spiro atoms. The fraction of sp³-hybridized carbons (Fsp3) is 0.200. The number of allylic oxidation sites excluding steroid dienone is 1. The molecule has 0 fully saturated rings. The zero-order valence-electron chi connectivity index (χ0n) is 15.0. The minimum Gasteiger partial charge on any atom is -0.343 e. The summed E-state index contributed by atoms with van der Waals surface area (Å²) < 4.78 is 15.4. The van der Waals surface area contributed by atoms with E-state index in [4.69, 9.17) is 6.57 Å². The fourth-order valence-electron chi connectivity index (χ4n) is 3.04. The first-order chi connectivity index (χ1) is 12.9. The van der Waals surface area contributed by atoms with E-state index in [1.165, 1.54) is 10.7 Å². The first-order valence-electron chi connectivity index (χ1n) is 8.44. The Balaban J connectivity index is 1.72. The van der Waals surface area contributed by atoms with Crippen LogP contribution in [0.5, 0.6) is 0 Å². The van der Waals surface area contributed by atoms with Crippen LogP contribution < -0.4 is 5.32 Å². The minimum absolute atomic E-state index is 0.227. The van der Waals surface area contributed by atoms with Crippen molar-refractivity contribution in [3.05, 3.63) is 83.0 Å². The lowest BCUT2D eigenvalue weighted by atomic mass is 9.86. The molecule has 0 bridgehead atoms. The summed E-state index contributed by atoms with van der Waals surface area (Å²) in [5.41, 5.74) is 2.88. The summed E-state index contributed by atoms with van der Waals surface area (Å²) in [7, 11) is 0. The van der Waals surface area contributed by atoms with Gasteiger partial charge in [0.25, 0.3) is 5.95 Å². The molecule has 0 amide bonds. The molecule has 0 atom stereocenters. The van der Waals surface area contributed by atoms with Gasteiger partial charge in [0.1, 0.15) is 11.6 Å². The van der Waals surface area contributed by atoms with E-state index >= 15 is 0 Å². The highest BCUT2D eigenvalue weighted by Crippen LogP contribution is 2.40. The third-order valence-electron chi connectivity index (χ3n) is 4.88. The number of halogens is 1. The molecule has 1 N–H and O–H groups in total. The number of anilines is 1. The predicted octanol–water partition coefficient (Wildman–Crippen LogP) is 4.16. The maximum Gasteiger partial charge on any atom is 0.251 e. The molecule has 1 aliphatic rings. The molecule has 0 unspecified atom stereocenters.